The van der Waals surface area contributed by atoms with Crippen LogP contribution in [-0.4, -0.2) is 29.7 Å². The van der Waals surface area contributed by atoms with Crippen LogP contribution < -0.4 is 5.32 Å². The average Bonchev–Trinajstić information content (AvgIpc) is 2.27. The molecule has 1 aromatic heterocycles. The van der Waals surface area contributed by atoms with Crippen LogP contribution in [0.1, 0.15) is 48.5 Å². The molecule has 0 aromatic carbocycles. The smallest absolute Gasteiger partial charge is 0.158 e. The second-order valence-electron chi connectivity index (χ2n) is 4.98. The number of hydrogen-bond donors (Lipinski definition) is 1. The van der Waals surface area contributed by atoms with Crippen LogP contribution in [0.15, 0.2) is 6.07 Å². The number of nitrogens with zero attached hydrogens (tertiary/aromatic N) is 2. The summed E-state index contributed by atoms with van der Waals surface area (Å²) >= 11 is 0. The number of nitrogens with one attached hydrogen (secondary N) is 1. The van der Waals surface area contributed by atoms with E-state index in [4.69, 9.17) is 9.72 Å². The van der Waals surface area contributed by atoms with Crippen molar-refractivity contribution < 1.29 is 4.74 Å². The van der Waals surface area contributed by atoms with E-state index in [-0.39, 0.29) is 6.10 Å². The van der Waals surface area contributed by atoms with Crippen molar-refractivity contribution in [2.75, 3.05) is 19.7 Å². The number of ether oxygens (including phenoxy) is 1. The van der Waals surface area contributed by atoms with E-state index >= 15 is 0 Å². The number of aryl methyl sites for hydroxylation is 1. The molecule has 0 radical (unpaired) electrons. The maximum Gasteiger partial charge on any atom is 0.158 e. The minimum Gasteiger partial charge on any atom is -0.368 e. The van der Waals surface area contributed by atoms with Crippen molar-refractivity contribution in [3.63, 3.8) is 0 Å². The molecule has 0 spiro atoms. The molecule has 1 aromatic rings. The molecule has 4 heteroatoms. The monoisotopic (exact) mass is 233 g/mol. The molecule has 4 nitrogen and oxygen atoms in total. The highest BCUT2D eigenvalue weighted by molar-refractivity contribution is 5.17. The lowest BCUT2D eigenvalue weighted by Gasteiger charge is -2.27. The number of morpholine rings is 1. The van der Waals surface area contributed by atoms with Gasteiger partial charge in [-0.3, -0.25) is 0 Å². The van der Waals surface area contributed by atoms with E-state index in [1.54, 1.807) is 0 Å². The number of rotatable bonds is 2. The molecule has 2 fully saturated rings. The highest BCUT2D eigenvalue weighted by atomic mass is 16.5. The molecule has 2 heterocycles. The topological polar surface area (TPSA) is 47.0 Å². The second-order valence-corrected chi connectivity index (χ2v) is 4.98. The largest absolute Gasteiger partial charge is 0.368 e. The van der Waals surface area contributed by atoms with Crippen LogP contribution in [0.2, 0.25) is 0 Å². The quantitative estimate of drug-likeness (QED) is 0.844. The predicted molar refractivity (Wildman–Crippen MR) is 64.9 cm³/mol. The van der Waals surface area contributed by atoms with Crippen molar-refractivity contribution >= 4 is 0 Å². The van der Waals surface area contributed by atoms with Gasteiger partial charge in [0.05, 0.1) is 6.61 Å². The first-order chi connectivity index (χ1) is 8.33. The lowest BCUT2D eigenvalue weighted by Crippen LogP contribution is -2.34. The minimum atomic E-state index is 0.0301. The summed E-state index contributed by atoms with van der Waals surface area (Å²) < 4.78 is 5.72. The normalized spacial score (nSPS) is 25.6. The van der Waals surface area contributed by atoms with Gasteiger partial charge in [0, 0.05) is 30.4 Å². The highest BCUT2D eigenvalue weighted by Crippen LogP contribution is 2.35. The first kappa shape index (κ1) is 11.1. The van der Waals surface area contributed by atoms with Gasteiger partial charge in [0.1, 0.15) is 6.10 Å². The molecular weight excluding hydrogens is 214 g/mol. The van der Waals surface area contributed by atoms with Gasteiger partial charge in [0.2, 0.25) is 0 Å². The van der Waals surface area contributed by atoms with E-state index in [0.717, 1.165) is 31.2 Å². The molecule has 1 aliphatic heterocycles. The van der Waals surface area contributed by atoms with Crippen molar-refractivity contribution in [2.45, 2.75) is 38.2 Å². The fraction of sp³-hybridized carbons (Fsp3) is 0.692. The zero-order valence-corrected chi connectivity index (χ0v) is 10.3. The summed E-state index contributed by atoms with van der Waals surface area (Å²) in [6, 6.07) is 2.13. The number of aromatic nitrogens is 2. The standard InChI is InChI=1S/C13H19N3O/c1-9-7-11(10-3-2-4-10)16-13(15-9)12-8-14-5-6-17-12/h7,10,12,14H,2-6,8H2,1H3. The van der Waals surface area contributed by atoms with Gasteiger partial charge in [-0.05, 0) is 25.8 Å². The zero-order chi connectivity index (χ0) is 11.7. The van der Waals surface area contributed by atoms with Crippen LogP contribution in [0.3, 0.4) is 0 Å². The van der Waals surface area contributed by atoms with Crippen molar-refractivity contribution in [1.82, 2.24) is 15.3 Å². The molecule has 2 aliphatic rings. The fourth-order valence-electron chi connectivity index (χ4n) is 2.40. The Labute approximate surface area is 102 Å². The fourth-order valence-corrected chi connectivity index (χ4v) is 2.40. The predicted octanol–water partition coefficient (Wildman–Crippen LogP) is 1.71. The molecule has 1 atom stereocenters. The third-order valence-corrected chi connectivity index (χ3v) is 3.63. The maximum absolute atomic E-state index is 5.72. The van der Waals surface area contributed by atoms with Gasteiger partial charge < -0.3 is 10.1 Å². The molecule has 0 bridgehead atoms. The van der Waals surface area contributed by atoms with Crippen molar-refractivity contribution in [1.29, 1.82) is 0 Å². The van der Waals surface area contributed by atoms with Gasteiger partial charge in [-0.25, -0.2) is 9.97 Å². The molecule has 3 rings (SSSR count). The molecule has 92 valence electrons. The Morgan fingerprint density at radius 2 is 2.24 bits per heavy atom. The Morgan fingerprint density at radius 3 is 2.88 bits per heavy atom. The Morgan fingerprint density at radius 1 is 1.35 bits per heavy atom. The lowest BCUT2D eigenvalue weighted by atomic mass is 9.82. The zero-order valence-electron chi connectivity index (χ0n) is 10.3. The first-order valence-electron chi connectivity index (χ1n) is 6.51. The van der Waals surface area contributed by atoms with E-state index in [0.29, 0.717) is 5.92 Å². The van der Waals surface area contributed by atoms with Crippen LogP contribution in [0.4, 0.5) is 0 Å². The van der Waals surface area contributed by atoms with Crippen LogP contribution in [0.25, 0.3) is 0 Å². The van der Waals surface area contributed by atoms with E-state index in [9.17, 15) is 0 Å². The highest BCUT2D eigenvalue weighted by Gasteiger charge is 2.24. The Kier molecular flexibility index (Phi) is 3.07. The number of hydrogen-bond acceptors (Lipinski definition) is 4. The van der Waals surface area contributed by atoms with Gasteiger partial charge in [0.25, 0.3) is 0 Å². The minimum absolute atomic E-state index is 0.0301. The Hall–Kier alpha value is -1.00. The van der Waals surface area contributed by atoms with Crippen LogP contribution in [0.5, 0.6) is 0 Å². The molecule has 1 N–H and O–H groups in total. The summed E-state index contributed by atoms with van der Waals surface area (Å²) in [5.74, 6) is 1.52. The van der Waals surface area contributed by atoms with E-state index in [1.807, 2.05) is 6.92 Å². The van der Waals surface area contributed by atoms with Crippen LogP contribution >= 0.6 is 0 Å². The average molecular weight is 233 g/mol. The van der Waals surface area contributed by atoms with E-state index in [1.165, 1.54) is 25.0 Å². The summed E-state index contributed by atoms with van der Waals surface area (Å²) in [5, 5.41) is 3.32. The van der Waals surface area contributed by atoms with Crippen molar-refractivity contribution in [3.05, 3.63) is 23.3 Å². The second kappa shape index (κ2) is 4.70. The molecule has 1 saturated heterocycles. The molecule has 0 amide bonds. The van der Waals surface area contributed by atoms with Gasteiger partial charge in [-0.15, -0.1) is 0 Å². The molecule has 17 heavy (non-hydrogen) atoms. The molecule has 1 unspecified atom stereocenters. The first-order valence-corrected chi connectivity index (χ1v) is 6.51. The van der Waals surface area contributed by atoms with Crippen molar-refractivity contribution in [2.24, 2.45) is 0 Å². The summed E-state index contributed by atoms with van der Waals surface area (Å²) in [4.78, 5) is 9.23. The van der Waals surface area contributed by atoms with Crippen molar-refractivity contribution in [3.8, 4) is 0 Å². The van der Waals surface area contributed by atoms with E-state index in [2.05, 4.69) is 16.4 Å². The van der Waals surface area contributed by atoms with Gasteiger partial charge in [0.15, 0.2) is 5.82 Å². The van der Waals surface area contributed by atoms with Gasteiger partial charge in [-0.1, -0.05) is 6.42 Å². The maximum atomic E-state index is 5.72. The third-order valence-electron chi connectivity index (χ3n) is 3.63. The summed E-state index contributed by atoms with van der Waals surface area (Å²) in [6.07, 6.45) is 3.92. The molecule has 1 aliphatic carbocycles. The third kappa shape index (κ3) is 2.33. The van der Waals surface area contributed by atoms with Crippen LogP contribution in [-0.2, 0) is 4.74 Å². The van der Waals surface area contributed by atoms with Gasteiger partial charge >= 0.3 is 0 Å². The van der Waals surface area contributed by atoms with Crippen LogP contribution in [0, 0.1) is 6.92 Å². The summed E-state index contributed by atoms with van der Waals surface area (Å²) in [7, 11) is 0. The van der Waals surface area contributed by atoms with E-state index < -0.39 is 0 Å². The summed E-state index contributed by atoms with van der Waals surface area (Å²) in [6.45, 7) is 4.55. The molecule has 1 saturated carbocycles. The summed E-state index contributed by atoms with van der Waals surface area (Å²) in [5.41, 5.74) is 2.28. The molecular formula is C13H19N3O. The van der Waals surface area contributed by atoms with Gasteiger partial charge in [-0.2, -0.15) is 0 Å². The Bertz CT molecular complexity index is 398. The Balaban J connectivity index is 1.84. The SMILES string of the molecule is Cc1cc(C2CCC2)nc(C2CNCCO2)n1. The lowest BCUT2D eigenvalue weighted by molar-refractivity contribution is 0.0218.